The number of carboxylic acids is 1. The summed E-state index contributed by atoms with van der Waals surface area (Å²) >= 11 is 0. The first-order valence-corrected chi connectivity index (χ1v) is 8.69. The molecule has 0 aliphatic carbocycles. The molecule has 6 heteroatoms. The maximum atomic E-state index is 12.0. The van der Waals surface area contributed by atoms with Gasteiger partial charge in [-0.2, -0.15) is 0 Å². The summed E-state index contributed by atoms with van der Waals surface area (Å²) in [7, 11) is -3.58. The van der Waals surface area contributed by atoms with E-state index in [1.165, 1.54) is 20.8 Å². The smallest absolute Gasteiger partial charge is 0.307 e. The molecule has 1 N–H and O–H groups in total. The highest BCUT2D eigenvalue weighted by Gasteiger charge is 2.32. The first-order valence-electron chi connectivity index (χ1n) is 7.03. The molecule has 0 bridgehead atoms. The van der Waals surface area contributed by atoms with Crippen LogP contribution in [0.5, 0.6) is 0 Å². The predicted molar refractivity (Wildman–Crippen MR) is 84.4 cm³/mol. The molecule has 1 aromatic rings. The Morgan fingerprint density at radius 3 is 2.14 bits per heavy atom. The van der Waals surface area contributed by atoms with Gasteiger partial charge in [0.05, 0.1) is 10.7 Å². The fourth-order valence-electron chi connectivity index (χ4n) is 1.91. The predicted octanol–water partition coefficient (Wildman–Crippen LogP) is 2.10. The minimum atomic E-state index is -3.58. The average Bonchev–Trinajstić information content (AvgIpc) is 2.37. The monoisotopic (exact) mass is 326 g/mol. The summed E-state index contributed by atoms with van der Waals surface area (Å²) in [6, 6.07) is 8.97. The van der Waals surface area contributed by atoms with Crippen LogP contribution in [0.1, 0.15) is 32.8 Å². The highest BCUT2D eigenvalue weighted by molar-refractivity contribution is 7.93. The second-order valence-corrected chi connectivity index (χ2v) is 9.08. The van der Waals surface area contributed by atoms with E-state index in [0.717, 1.165) is 5.56 Å². The molecule has 0 fully saturated rings. The average molecular weight is 326 g/mol. The van der Waals surface area contributed by atoms with Gasteiger partial charge in [-0.3, -0.25) is 9.59 Å². The van der Waals surface area contributed by atoms with E-state index in [9.17, 15) is 23.1 Å². The molecule has 0 heterocycles. The Labute approximate surface area is 131 Å². The van der Waals surface area contributed by atoms with Gasteiger partial charge in [0.1, 0.15) is 11.5 Å². The lowest BCUT2D eigenvalue weighted by atomic mass is 9.95. The highest BCUT2D eigenvalue weighted by atomic mass is 32.2. The lowest BCUT2D eigenvalue weighted by Gasteiger charge is -2.19. The first kappa shape index (κ1) is 18.4. The summed E-state index contributed by atoms with van der Waals surface area (Å²) in [6.07, 6.45) is -0.0724. The van der Waals surface area contributed by atoms with E-state index in [-0.39, 0.29) is 12.8 Å². The van der Waals surface area contributed by atoms with Crippen molar-refractivity contribution in [1.29, 1.82) is 0 Å². The molecule has 0 aromatic heterocycles. The number of carboxylic acid groups (broad SMARTS) is 1. The van der Waals surface area contributed by atoms with Crippen LogP contribution in [0.15, 0.2) is 30.3 Å². The van der Waals surface area contributed by atoms with Crippen molar-refractivity contribution in [2.75, 3.05) is 5.75 Å². The molecule has 1 rings (SSSR count). The van der Waals surface area contributed by atoms with Crippen molar-refractivity contribution in [2.45, 2.75) is 38.4 Å². The number of hydrogen-bond acceptors (Lipinski definition) is 4. The molecular weight excluding hydrogens is 304 g/mol. The second-order valence-electron chi connectivity index (χ2n) is 6.34. The summed E-state index contributed by atoms with van der Waals surface area (Å²) in [5.41, 5.74) is 0.807. The lowest BCUT2D eigenvalue weighted by molar-refractivity contribution is -0.143. The first-order chi connectivity index (χ1) is 10.0. The number of aliphatic carboxylic acids is 1. The van der Waals surface area contributed by atoms with Gasteiger partial charge in [0, 0.05) is 6.42 Å². The van der Waals surface area contributed by atoms with Crippen LogP contribution in [-0.2, 0) is 25.8 Å². The van der Waals surface area contributed by atoms with Crippen LogP contribution in [0.4, 0.5) is 0 Å². The molecule has 0 amide bonds. The minimum absolute atomic E-state index is 0.206. The van der Waals surface area contributed by atoms with E-state index in [0.29, 0.717) is 0 Å². The third-order valence-corrected chi connectivity index (χ3v) is 6.00. The van der Waals surface area contributed by atoms with Crippen LogP contribution in [-0.4, -0.2) is 35.8 Å². The Bertz CT molecular complexity index is 626. The summed E-state index contributed by atoms with van der Waals surface area (Å²) in [5.74, 6) is -3.18. The van der Waals surface area contributed by atoms with Crippen LogP contribution in [0, 0.1) is 5.92 Å². The van der Waals surface area contributed by atoms with Crippen LogP contribution in [0.3, 0.4) is 0 Å². The van der Waals surface area contributed by atoms with Gasteiger partial charge < -0.3 is 5.11 Å². The number of benzene rings is 1. The standard InChI is InChI=1S/C16H22O5S/c1-16(2,3)22(20,21)11-14(17)10-13(15(18)19)9-12-7-5-4-6-8-12/h4-8,13H,9-11H2,1-3H3,(H,18,19). The second kappa shape index (κ2) is 7.05. The van der Waals surface area contributed by atoms with E-state index in [1.54, 1.807) is 24.3 Å². The summed E-state index contributed by atoms with van der Waals surface area (Å²) < 4.78 is 23.0. The Morgan fingerprint density at radius 2 is 1.68 bits per heavy atom. The zero-order valence-electron chi connectivity index (χ0n) is 13.1. The van der Waals surface area contributed by atoms with E-state index < -0.39 is 38.0 Å². The van der Waals surface area contributed by atoms with Gasteiger partial charge >= 0.3 is 5.97 Å². The Kier molecular flexibility index (Phi) is 5.88. The molecule has 0 aliphatic rings. The van der Waals surface area contributed by atoms with Crippen molar-refractivity contribution < 1.29 is 23.1 Å². The van der Waals surface area contributed by atoms with Gasteiger partial charge in [-0.25, -0.2) is 8.42 Å². The van der Waals surface area contributed by atoms with Crippen molar-refractivity contribution >= 4 is 21.6 Å². The zero-order chi connectivity index (χ0) is 17.0. The Balaban J connectivity index is 2.76. The van der Waals surface area contributed by atoms with E-state index >= 15 is 0 Å². The molecule has 0 spiro atoms. The quantitative estimate of drug-likeness (QED) is 0.829. The molecule has 0 saturated carbocycles. The van der Waals surface area contributed by atoms with E-state index in [4.69, 9.17) is 0 Å². The number of hydrogen-bond donors (Lipinski definition) is 1. The molecule has 1 atom stereocenters. The third kappa shape index (κ3) is 5.26. The minimum Gasteiger partial charge on any atom is -0.481 e. The van der Waals surface area contributed by atoms with Crippen molar-refractivity contribution in [3.05, 3.63) is 35.9 Å². The van der Waals surface area contributed by atoms with E-state index in [1.807, 2.05) is 6.07 Å². The molecule has 1 unspecified atom stereocenters. The SMILES string of the molecule is CC(C)(C)S(=O)(=O)CC(=O)CC(Cc1ccccc1)C(=O)O. The van der Waals surface area contributed by atoms with Crippen LogP contribution >= 0.6 is 0 Å². The highest BCUT2D eigenvalue weighted by Crippen LogP contribution is 2.19. The van der Waals surface area contributed by atoms with Crippen LogP contribution in [0.25, 0.3) is 0 Å². The van der Waals surface area contributed by atoms with Crippen molar-refractivity contribution in [1.82, 2.24) is 0 Å². The van der Waals surface area contributed by atoms with Crippen molar-refractivity contribution in [3.63, 3.8) is 0 Å². The summed E-state index contributed by atoms with van der Waals surface area (Å²) in [6.45, 7) is 4.57. The molecule has 122 valence electrons. The maximum Gasteiger partial charge on any atom is 0.307 e. The van der Waals surface area contributed by atoms with Gasteiger partial charge in [0.25, 0.3) is 0 Å². The van der Waals surface area contributed by atoms with Gasteiger partial charge in [0.15, 0.2) is 9.84 Å². The van der Waals surface area contributed by atoms with Crippen molar-refractivity contribution in [2.24, 2.45) is 5.92 Å². The molecule has 0 radical (unpaired) electrons. The van der Waals surface area contributed by atoms with Gasteiger partial charge in [-0.1, -0.05) is 30.3 Å². The molecule has 22 heavy (non-hydrogen) atoms. The fourth-order valence-corrected chi connectivity index (χ4v) is 2.88. The van der Waals surface area contributed by atoms with Crippen LogP contribution in [0.2, 0.25) is 0 Å². The normalized spacial score (nSPS) is 13.6. The number of rotatable bonds is 7. The molecular formula is C16H22O5S. The maximum absolute atomic E-state index is 12.0. The lowest BCUT2D eigenvalue weighted by Crippen LogP contribution is -2.34. The van der Waals surface area contributed by atoms with Gasteiger partial charge in [-0.15, -0.1) is 0 Å². The Morgan fingerprint density at radius 1 is 1.14 bits per heavy atom. The van der Waals surface area contributed by atoms with Gasteiger partial charge in [0.2, 0.25) is 0 Å². The largest absolute Gasteiger partial charge is 0.481 e. The molecule has 0 aliphatic heterocycles. The number of carbonyl (C=O) groups is 2. The topological polar surface area (TPSA) is 88.5 Å². The third-order valence-electron chi connectivity index (χ3n) is 3.43. The number of ketones is 1. The fraction of sp³-hybridized carbons (Fsp3) is 0.500. The molecule has 1 aromatic carbocycles. The Hall–Kier alpha value is -1.69. The van der Waals surface area contributed by atoms with Crippen molar-refractivity contribution in [3.8, 4) is 0 Å². The summed E-state index contributed by atoms with van der Waals surface area (Å²) in [4.78, 5) is 23.3. The van der Waals surface area contributed by atoms with Crippen LogP contribution < -0.4 is 0 Å². The van der Waals surface area contributed by atoms with E-state index in [2.05, 4.69) is 0 Å². The number of Topliss-reactive ketones (excluding diaryl/α,β-unsaturated/α-hetero) is 1. The molecule has 0 saturated heterocycles. The van der Waals surface area contributed by atoms with Gasteiger partial charge in [-0.05, 0) is 32.8 Å². The molecule has 5 nitrogen and oxygen atoms in total. The zero-order valence-corrected chi connectivity index (χ0v) is 13.9. The number of carbonyl (C=O) groups excluding carboxylic acids is 1. The summed E-state index contributed by atoms with van der Waals surface area (Å²) in [5, 5.41) is 9.24. The number of sulfone groups is 1.